The molecule has 0 bridgehead atoms. The highest BCUT2D eigenvalue weighted by Gasteiger charge is 2.22. The summed E-state index contributed by atoms with van der Waals surface area (Å²) >= 11 is 3.45. The van der Waals surface area contributed by atoms with Crippen molar-refractivity contribution in [3.63, 3.8) is 0 Å². The van der Waals surface area contributed by atoms with E-state index in [1.807, 2.05) is 16.8 Å². The van der Waals surface area contributed by atoms with Crippen molar-refractivity contribution in [3.8, 4) is 0 Å². The van der Waals surface area contributed by atoms with E-state index in [2.05, 4.69) is 47.0 Å². The summed E-state index contributed by atoms with van der Waals surface area (Å²) in [5.41, 5.74) is 0.732. The van der Waals surface area contributed by atoms with Crippen LogP contribution >= 0.6 is 15.9 Å². The maximum Gasteiger partial charge on any atom is 0.268 e. The zero-order chi connectivity index (χ0) is 14.0. The molecular weight excluding hydrogens is 306 g/mol. The van der Waals surface area contributed by atoms with E-state index in [-0.39, 0.29) is 18.0 Å². The Morgan fingerprint density at radius 3 is 2.89 bits per heavy atom. The highest BCUT2D eigenvalue weighted by molar-refractivity contribution is 9.10. The molecule has 1 unspecified atom stereocenters. The predicted octanol–water partition coefficient (Wildman–Crippen LogP) is 2.66. The third-order valence-electron chi connectivity index (χ3n) is 3.56. The average Bonchev–Trinajstić information content (AvgIpc) is 2.71. The van der Waals surface area contributed by atoms with Crippen LogP contribution in [0, 0.1) is 0 Å². The van der Waals surface area contributed by atoms with Crippen LogP contribution in [-0.4, -0.2) is 41.6 Å². The molecule has 1 aliphatic heterocycles. The van der Waals surface area contributed by atoms with Crippen LogP contribution in [0.5, 0.6) is 0 Å². The quantitative estimate of drug-likeness (QED) is 0.926. The van der Waals surface area contributed by atoms with Crippen molar-refractivity contribution in [1.29, 1.82) is 0 Å². The summed E-state index contributed by atoms with van der Waals surface area (Å²) in [5, 5.41) is 3.15. The van der Waals surface area contributed by atoms with Gasteiger partial charge >= 0.3 is 0 Å². The van der Waals surface area contributed by atoms with Gasteiger partial charge in [-0.25, -0.2) is 0 Å². The van der Waals surface area contributed by atoms with Crippen LogP contribution in [-0.2, 0) is 0 Å². The van der Waals surface area contributed by atoms with Crippen LogP contribution in [0.2, 0.25) is 0 Å². The predicted molar refractivity (Wildman–Crippen MR) is 80.5 cm³/mol. The molecule has 4 nitrogen and oxygen atoms in total. The van der Waals surface area contributed by atoms with Crippen molar-refractivity contribution in [2.75, 3.05) is 20.1 Å². The first-order valence-corrected chi connectivity index (χ1v) is 7.63. The van der Waals surface area contributed by atoms with Gasteiger partial charge in [-0.1, -0.05) is 0 Å². The summed E-state index contributed by atoms with van der Waals surface area (Å²) in [7, 11) is 2.10. The Balaban J connectivity index is 2.07. The molecule has 1 fully saturated rings. The number of aromatic nitrogens is 1. The van der Waals surface area contributed by atoms with Gasteiger partial charge in [0, 0.05) is 29.3 Å². The molecule has 0 saturated carbocycles. The number of hydrogen-bond donors (Lipinski definition) is 1. The summed E-state index contributed by atoms with van der Waals surface area (Å²) in [6, 6.07) is 2.43. The van der Waals surface area contributed by atoms with Gasteiger partial charge in [-0.15, -0.1) is 0 Å². The fourth-order valence-corrected chi connectivity index (χ4v) is 3.04. The number of nitrogens with one attached hydrogen (secondary N) is 1. The molecule has 1 aromatic rings. The standard InChI is InChI=1S/C14H22BrN3O/c1-10(2)18-8-11(15)7-13(18)14(19)16-12-5-4-6-17(3)9-12/h7-8,10,12H,4-6,9H2,1-3H3,(H,16,19). The van der Waals surface area contributed by atoms with Crippen molar-refractivity contribution in [2.45, 2.75) is 38.8 Å². The molecule has 5 heteroatoms. The molecule has 0 aliphatic carbocycles. The molecule has 0 spiro atoms. The second kappa shape index (κ2) is 6.09. The number of amides is 1. The van der Waals surface area contributed by atoms with Gasteiger partial charge in [0.1, 0.15) is 5.69 Å². The number of carbonyl (C=O) groups is 1. The number of hydrogen-bond acceptors (Lipinski definition) is 2. The summed E-state index contributed by atoms with van der Waals surface area (Å²) in [6.07, 6.45) is 4.18. The van der Waals surface area contributed by atoms with Crippen molar-refractivity contribution in [1.82, 2.24) is 14.8 Å². The van der Waals surface area contributed by atoms with Crippen LogP contribution < -0.4 is 5.32 Å². The van der Waals surface area contributed by atoms with E-state index in [9.17, 15) is 4.79 Å². The van der Waals surface area contributed by atoms with Crippen LogP contribution in [0.25, 0.3) is 0 Å². The lowest BCUT2D eigenvalue weighted by Gasteiger charge is -2.30. The first kappa shape index (κ1) is 14.6. The molecule has 1 aromatic heterocycles. The molecule has 19 heavy (non-hydrogen) atoms. The van der Waals surface area contributed by atoms with Gasteiger partial charge in [-0.05, 0) is 62.3 Å². The molecule has 0 aromatic carbocycles. The molecule has 1 N–H and O–H groups in total. The summed E-state index contributed by atoms with van der Waals surface area (Å²) in [5.74, 6) is 0.0275. The Labute approximate surface area is 123 Å². The number of likely N-dealkylation sites (N-methyl/N-ethyl adjacent to an activating group) is 1. The van der Waals surface area contributed by atoms with Crippen molar-refractivity contribution in [3.05, 3.63) is 22.4 Å². The van der Waals surface area contributed by atoms with Gasteiger partial charge in [-0.3, -0.25) is 4.79 Å². The van der Waals surface area contributed by atoms with Gasteiger partial charge in [0.2, 0.25) is 0 Å². The second-order valence-electron chi connectivity index (χ2n) is 5.62. The second-order valence-corrected chi connectivity index (χ2v) is 6.54. The smallest absolute Gasteiger partial charge is 0.268 e. The van der Waals surface area contributed by atoms with Crippen LogP contribution in [0.15, 0.2) is 16.7 Å². The molecular formula is C14H22BrN3O. The molecule has 0 radical (unpaired) electrons. The van der Waals surface area contributed by atoms with Gasteiger partial charge in [-0.2, -0.15) is 0 Å². The van der Waals surface area contributed by atoms with Gasteiger partial charge in [0.25, 0.3) is 5.91 Å². The lowest BCUT2D eigenvalue weighted by molar-refractivity contribution is 0.0901. The molecule has 1 saturated heterocycles. The minimum atomic E-state index is 0.0275. The minimum Gasteiger partial charge on any atom is -0.347 e. The molecule has 1 amide bonds. The maximum atomic E-state index is 12.4. The number of piperidine rings is 1. The SMILES string of the molecule is CC(C)n1cc(Br)cc1C(=O)NC1CCCN(C)C1. The number of halogens is 1. The first-order chi connectivity index (χ1) is 8.97. The zero-order valence-corrected chi connectivity index (χ0v) is 13.4. The Morgan fingerprint density at radius 1 is 1.53 bits per heavy atom. The molecule has 2 rings (SSSR count). The van der Waals surface area contributed by atoms with E-state index in [0.717, 1.165) is 36.1 Å². The topological polar surface area (TPSA) is 37.3 Å². The van der Waals surface area contributed by atoms with Crippen molar-refractivity contribution < 1.29 is 4.79 Å². The third kappa shape index (κ3) is 3.60. The lowest BCUT2D eigenvalue weighted by Crippen LogP contribution is -2.46. The Hall–Kier alpha value is -0.810. The number of likely N-dealkylation sites (tertiary alicyclic amines) is 1. The van der Waals surface area contributed by atoms with Crippen LogP contribution in [0.3, 0.4) is 0 Å². The van der Waals surface area contributed by atoms with E-state index in [0.29, 0.717) is 0 Å². The van der Waals surface area contributed by atoms with Gasteiger partial charge in [0.15, 0.2) is 0 Å². The van der Waals surface area contributed by atoms with E-state index in [4.69, 9.17) is 0 Å². The fourth-order valence-electron chi connectivity index (χ4n) is 2.60. The largest absolute Gasteiger partial charge is 0.347 e. The summed E-state index contributed by atoms with van der Waals surface area (Å²) in [6.45, 7) is 6.23. The molecule has 1 atom stereocenters. The highest BCUT2D eigenvalue weighted by atomic mass is 79.9. The van der Waals surface area contributed by atoms with E-state index < -0.39 is 0 Å². The lowest BCUT2D eigenvalue weighted by atomic mass is 10.1. The molecule has 1 aliphatic rings. The Kier molecular flexibility index (Phi) is 4.68. The average molecular weight is 328 g/mol. The highest BCUT2D eigenvalue weighted by Crippen LogP contribution is 2.20. The summed E-state index contributed by atoms with van der Waals surface area (Å²) in [4.78, 5) is 14.7. The third-order valence-corrected chi connectivity index (χ3v) is 4.00. The van der Waals surface area contributed by atoms with Gasteiger partial charge < -0.3 is 14.8 Å². The van der Waals surface area contributed by atoms with Crippen LogP contribution in [0.4, 0.5) is 0 Å². The molecule has 2 heterocycles. The van der Waals surface area contributed by atoms with E-state index >= 15 is 0 Å². The van der Waals surface area contributed by atoms with E-state index in [1.54, 1.807) is 0 Å². The molecule has 106 valence electrons. The normalized spacial score (nSPS) is 20.8. The van der Waals surface area contributed by atoms with Gasteiger partial charge in [0.05, 0.1) is 0 Å². The zero-order valence-electron chi connectivity index (χ0n) is 11.8. The fraction of sp³-hybridized carbons (Fsp3) is 0.643. The van der Waals surface area contributed by atoms with Crippen molar-refractivity contribution >= 4 is 21.8 Å². The monoisotopic (exact) mass is 327 g/mol. The summed E-state index contributed by atoms with van der Waals surface area (Å²) < 4.78 is 2.96. The maximum absolute atomic E-state index is 12.4. The Bertz CT molecular complexity index is 456. The first-order valence-electron chi connectivity index (χ1n) is 6.84. The van der Waals surface area contributed by atoms with E-state index in [1.165, 1.54) is 0 Å². The van der Waals surface area contributed by atoms with Crippen LogP contribution in [0.1, 0.15) is 43.2 Å². The number of nitrogens with zero attached hydrogens (tertiary/aromatic N) is 2. The number of carbonyl (C=O) groups excluding carboxylic acids is 1. The Morgan fingerprint density at radius 2 is 2.26 bits per heavy atom. The number of rotatable bonds is 3. The minimum absolute atomic E-state index is 0.0275. The van der Waals surface area contributed by atoms with Crippen molar-refractivity contribution in [2.24, 2.45) is 0 Å².